The molecule has 72 valence electrons. The SMILES string of the molecule is CCCC(C)(C)N(NC)C(C)=O. The summed E-state index contributed by atoms with van der Waals surface area (Å²) in [6, 6.07) is 0. The van der Waals surface area contributed by atoms with E-state index in [9.17, 15) is 4.79 Å². The molecule has 0 rings (SSSR count). The highest BCUT2D eigenvalue weighted by Gasteiger charge is 2.26. The van der Waals surface area contributed by atoms with Crippen molar-refractivity contribution in [3.63, 3.8) is 0 Å². The van der Waals surface area contributed by atoms with Crippen LogP contribution >= 0.6 is 0 Å². The molecule has 0 saturated heterocycles. The van der Waals surface area contributed by atoms with Gasteiger partial charge in [0, 0.05) is 14.0 Å². The molecule has 0 aromatic rings. The molecule has 0 unspecified atom stereocenters. The van der Waals surface area contributed by atoms with E-state index in [1.165, 1.54) is 0 Å². The van der Waals surface area contributed by atoms with E-state index >= 15 is 0 Å². The number of nitrogens with zero attached hydrogens (tertiary/aromatic N) is 1. The van der Waals surface area contributed by atoms with Gasteiger partial charge in [-0.25, -0.2) is 5.43 Å². The number of carbonyl (C=O) groups is 1. The van der Waals surface area contributed by atoms with Crippen molar-refractivity contribution in [3.8, 4) is 0 Å². The fraction of sp³-hybridized carbons (Fsp3) is 0.889. The quantitative estimate of drug-likeness (QED) is 0.652. The Morgan fingerprint density at radius 3 is 2.25 bits per heavy atom. The number of amides is 1. The molecule has 0 heterocycles. The number of nitrogens with one attached hydrogen (secondary N) is 1. The second kappa shape index (κ2) is 4.45. The Morgan fingerprint density at radius 1 is 1.50 bits per heavy atom. The summed E-state index contributed by atoms with van der Waals surface area (Å²) in [6.07, 6.45) is 2.09. The van der Waals surface area contributed by atoms with Crippen molar-refractivity contribution in [1.29, 1.82) is 0 Å². The fourth-order valence-corrected chi connectivity index (χ4v) is 1.61. The highest BCUT2D eigenvalue weighted by Crippen LogP contribution is 2.18. The smallest absolute Gasteiger partial charge is 0.234 e. The summed E-state index contributed by atoms with van der Waals surface area (Å²) in [7, 11) is 1.78. The van der Waals surface area contributed by atoms with E-state index in [4.69, 9.17) is 0 Å². The van der Waals surface area contributed by atoms with Crippen molar-refractivity contribution in [1.82, 2.24) is 10.4 Å². The van der Waals surface area contributed by atoms with Crippen LogP contribution in [-0.2, 0) is 4.79 Å². The molecule has 0 fully saturated rings. The molecule has 0 bridgehead atoms. The molecule has 0 aliphatic carbocycles. The van der Waals surface area contributed by atoms with Crippen LogP contribution in [0.4, 0.5) is 0 Å². The van der Waals surface area contributed by atoms with Crippen LogP contribution in [0.5, 0.6) is 0 Å². The molecule has 0 aromatic heterocycles. The normalized spacial score (nSPS) is 11.4. The van der Waals surface area contributed by atoms with Crippen molar-refractivity contribution in [2.75, 3.05) is 7.05 Å². The first kappa shape index (κ1) is 11.4. The maximum Gasteiger partial charge on any atom is 0.234 e. The van der Waals surface area contributed by atoms with Gasteiger partial charge in [-0.1, -0.05) is 13.3 Å². The van der Waals surface area contributed by atoms with E-state index in [0.717, 1.165) is 12.8 Å². The first-order valence-corrected chi connectivity index (χ1v) is 4.44. The van der Waals surface area contributed by atoms with Crippen LogP contribution in [0.15, 0.2) is 0 Å². The van der Waals surface area contributed by atoms with Gasteiger partial charge in [0.1, 0.15) is 0 Å². The van der Waals surface area contributed by atoms with Crippen molar-refractivity contribution >= 4 is 5.91 Å². The van der Waals surface area contributed by atoms with Crippen LogP contribution in [-0.4, -0.2) is 23.5 Å². The van der Waals surface area contributed by atoms with E-state index in [1.54, 1.807) is 19.0 Å². The molecule has 1 N–H and O–H groups in total. The van der Waals surface area contributed by atoms with Gasteiger partial charge in [-0.2, -0.15) is 0 Å². The Hall–Kier alpha value is -0.570. The van der Waals surface area contributed by atoms with Gasteiger partial charge in [0.25, 0.3) is 0 Å². The Kier molecular flexibility index (Phi) is 4.24. The molecule has 1 amide bonds. The molecule has 0 atom stereocenters. The highest BCUT2D eigenvalue weighted by molar-refractivity contribution is 5.73. The monoisotopic (exact) mass is 172 g/mol. The molecule has 3 heteroatoms. The Balaban J connectivity index is 4.36. The predicted molar refractivity (Wildman–Crippen MR) is 50.6 cm³/mol. The summed E-state index contributed by atoms with van der Waals surface area (Å²) in [6.45, 7) is 7.83. The third-order valence-electron chi connectivity index (χ3n) is 2.01. The van der Waals surface area contributed by atoms with Crippen LogP contribution in [0.2, 0.25) is 0 Å². The summed E-state index contributed by atoms with van der Waals surface area (Å²) >= 11 is 0. The minimum absolute atomic E-state index is 0.0657. The second-order valence-corrected chi connectivity index (χ2v) is 3.64. The van der Waals surface area contributed by atoms with Crippen molar-refractivity contribution in [2.45, 2.75) is 46.1 Å². The Morgan fingerprint density at radius 2 is 2.00 bits per heavy atom. The van der Waals surface area contributed by atoms with Gasteiger partial charge in [0.2, 0.25) is 5.91 Å². The summed E-state index contributed by atoms with van der Waals surface area (Å²) in [5.74, 6) is 0.0657. The lowest BCUT2D eigenvalue weighted by atomic mass is 9.98. The van der Waals surface area contributed by atoms with E-state index in [0.29, 0.717) is 0 Å². The summed E-state index contributed by atoms with van der Waals surface area (Å²) in [4.78, 5) is 11.2. The molecule has 0 aliphatic rings. The summed E-state index contributed by atoms with van der Waals surface area (Å²) in [5.41, 5.74) is 2.82. The van der Waals surface area contributed by atoms with Gasteiger partial charge in [-0.3, -0.25) is 9.80 Å². The van der Waals surface area contributed by atoms with Gasteiger partial charge >= 0.3 is 0 Å². The lowest BCUT2D eigenvalue weighted by molar-refractivity contribution is -0.138. The zero-order valence-corrected chi connectivity index (χ0v) is 8.77. The first-order chi connectivity index (χ1) is 5.45. The fourth-order valence-electron chi connectivity index (χ4n) is 1.61. The average Bonchev–Trinajstić information content (AvgIpc) is 1.86. The van der Waals surface area contributed by atoms with Crippen LogP contribution in [0.3, 0.4) is 0 Å². The first-order valence-electron chi connectivity index (χ1n) is 4.44. The van der Waals surface area contributed by atoms with E-state index in [2.05, 4.69) is 26.2 Å². The van der Waals surface area contributed by atoms with E-state index < -0.39 is 0 Å². The number of hydrogen-bond donors (Lipinski definition) is 1. The number of hydrazine groups is 1. The third-order valence-corrected chi connectivity index (χ3v) is 2.01. The minimum atomic E-state index is -0.0880. The standard InChI is InChI=1S/C9H20N2O/c1-6-7-9(3,4)11(10-5)8(2)12/h10H,6-7H2,1-5H3. The third kappa shape index (κ3) is 2.81. The second-order valence-electron chi connectivity index (χ2n) is 3.64. The van der Waals surface area contributed by atoms with Crippen molar-refractivity contribution in [2.24, 2.45) is 0 Å². The van der Waals surface area contributed by atoms with Gasteiger partial charge in [-0.05, 0) is 20.3 Å². The molecule has 0 aromatic carbocycles. The molecular weight excluding hydrogens is 152 g/mol. The van der Waals surface area contributed by atoms with Gasteiger partial charge in [-0.15, -0.1) is 0 Å². The molecule has 0 aliphatic heterocycles. The van der Waals surface area contributed by atoms with Crippen molar-refractivity contribution < 1.29 is 4.79 Å². The molecule has 0 saturated carbocycles. The van der Waals surface area contributed by atoms with Crippen LogP contribution in [0.25, 0.3) is 0 Å². The molecule has 12 heavy (non-hydrogen) atoms. The molecule has 0 spiro atoms. The summed E-state index contributed by atoms with van der Waals surface area (Å²) in [5, 5.41) is 1.68. The van der Waals surface area contributed by atoms with E-state index in [1.807, 2.05) is 0 Å². The zero-order valence-electron chi connectivity index (χ0n) is 8.77. The van der Waals surface area contributed by atoms with Gasteiger partial charge in [0.05, 0.1) is 5.54 Å². The van der Waals surface area contributed by atoms with Crippen molar-refractivity contribution in [3.05, 3.63) is 0 Å². The molecule has 0 radical (unpaired) electrons. The average molecular weight is 172 g/mol. The highest BCUT2D eigenvalue weighted by atomic mass is 16.2. The minimum Gasteiger partial charge on any atom is -0.274 e. The van der Waals surface area contributed by atoms with Crippen LogP contribution in [0.1, 0.15) is 40.5 Å². The summed E-state index contributed by atoms with van der Waals surface area (Å²) < 4.78 is 0. The predicted octanol–water partition coefficient (Wildman–Crippen LogP) is 1.55. The Bertz CT molecular complexity index is 155. The van der Waals surface area contributed by atoms with E-state index in [-0.39, 0.29) is 11.4 Å². The van der Waals surface area contributed by atoms with Crippen LogP contribution < -0.4 is 5.43 Å². The maximum absolute atomic E-state index is 11.2. The Labute approximate surface area is 75.1 Å². The molecule has 3 nitrogen and oxygen atoms in total. The maximum atomic E-state index is 11.2. The largest absolute Gasteiger partial charge is 0.274 e. The lowest BCUT2D eigenvalue weighted by Gasteiger charge is -2.37. The zero-order chi connectivity index (χ0) is 9.78. The topological polar surface area (TPSA) is 32.3 Å². The number of rotatable bonds is 4. The van der Waals surface area contributed by atoms with Gasteiger partial charge in [0.15, 0.2) is 0 Å². The number of hydrogen-bond acceptors (Lipinski definition) is 2. The number of carbonyl (C=O) groups excluding carboxylic acids is 1. The van der Waals surface area contributed by atoms with Crippen LogP contribution in [0, 0.1) is 0 Å². The van der Waals surface area contributed by atoms with Gasteiger partial charge < -0.3 is 0 Å². The lowest BCUT2D eigenvalue weighted by Crippen LogP contribution is -2.53. The molecular formula is C9H20N2O.